The summed E-state index contributed by atoms with van der Waals surface area (Å²) in [6, 6.07) is 0. The minimum atomic E-state index is 0.163. The Morgan fingerprint density at radius 2 is 1.20 bits per heavy atom. The van der Waals surface area contributed by atoms with Gasteiger partial charge in [0.05, 0.1) is 0 Å². The van der Waals surface area contributed by atoms with Gasteiger partial charge in [-0.3, -0.25) is 5.32 Å². The third kappa shape index (κ3) is 20.8. The maximum atomic E-state index is 5.15. The molecule has 0 aromatic heterocycles. The van der Waals surface area contributed by atoms with E-state index in [1.165, 1.54) is 44.9 Å². The van der Waals surface area contributed by atoms with E-state index in [-0.39, 0.29) is 6.23 Å². The van der Waals surface area contributed by atoms with Crippen molar-refractivity contribution in [1.82, 2.24) is 5.32 Å². The molecule has 0 aromatic carbocycles. The molecular weight excluding hydrogens is 306 g/mol. The number of hydrogen-bond acceptors (Lipinski definition) is 2. The van der Waals surface area contributed by atoms with Gasteiger partial charge in [0.1, 0.15) is 6.23 Å². The Labute approximate surface area is 157 Å². The molecule has 0 saturated heterocycles. The standard InChI is InChI=1S/C23H41NO/c1-4-5-6-7-8-9-10-11-12-13-14-15-16-17-18-19-20-21-22-24-23(2)25-3/h8-9,11-12,14-15,17-18,23-24H,4-7,10,13,16,19-22H2,1-3H3. The fraction of sp³-hybridized carbons (Fsp3) is 0.652. The van der Waals surface area contributed by atoms with E-state index >= 15 is 0 Å². The number of nitrogens with one attached hydrogen (secondary N) is 1. The summed E-state index contributed by atoms with van der Waals surface area (Å²) in [6.45, 7) is 5.31. The van der Waals surface area contributed by atoms with Gasteiger partial charge in [0.15, 0.2) is 0 Å². The molecule has 0 saturated carbocycles. The molecule has 2 heteroatoms. The van der Waals surface area contributed by atoms with Crippen molar-refractivity contribution < 1.29 is 4.74 Å². The molecule has 0 aliphatic rings. The van der Waals surface area contributed by atoms with Crippen LogP contribution in [-0.4, -0.2) is 19.9 Å². The van der Waals surface area contributed by atoms with Crippen LogP contribution in [0.5, 0.6) is 0 Å². The van der Waals surface area contributed by atoms with Crippen molar-refractivity contribution in [3.05, 3.63) is 48.6 Å². The molecule has 0 aromatic rings. The second-order valence-corrected chi connectivity index (χ2v) is 6.42. The van der Waals surface area contributed by atoms with Crippen LogP contribution in [-0.2, 0) is 4.74 Å². The summed E-state index contributed by atoms with van der Waals surface area (Å²) in [6.07, 6.45) is 30.3. The molecule has 0 rings (SSSR count). The van der Waals surface area contributed by atoms with Crippen LogP contribution in [0.1, 0.15) is 78.1 Å². The van der Waals surface area contributed by atoms with Crippen LogP contribution >= 0.6 is 0 Å². The summed E-state index contributed by atoms with van der Waals surface area (Å²) in [7, 11) is 1.73. The van der Waals surface area contributed by atoms with Crippen molar-refractivity contribution in [1.29, 1.82) is 0 Å². The van der Waals surface area contributed by atoms with Crippen LogP contribution in [0.25, 0.3) is 0 Å². The minimum absolute atomic E-state index is 0.163. The highest BCUT2D eigenvalue weighted by Gasteiger charge is 1.95. The molecule has 1 unspecified atom stereocenters. The molecular formula is C23H41NO. The smallest absolute Gasteiger partial charge is 0.104 e. The first-order valence-electron chi connectivity index (χ1n) is 10.2. The summed E-state index contributed by atoms with van der Waals surface area (Å²) in [5, 5.41) is 3.32. The van der Waals surface area contributed by atoms with E-state index in [0.29, 0.717) is 0 Å². The second-order valence-electron chi connectivity index (χ2n) is 6.42. The minimum Gasteiger partial charge on any atom is -0.367 e. The summed E-state index contributed by atoms with van der Waals surface area (Å²) in [5.41, 5.74) is 0. The van der Waals surface area contributed by atoms with Crippen LogP contribution < -0.4 is 5.32 Å². The molecule has 0 fully saturated rings. The van der Waals surface area contributed by atoms with Crippen molar-refractivity contribution in [3.63, 3.8) is 0 Å². The Balaban J connectivity index is 3.37. The van der Waals surface area contributed by atoms with Gasteiger partial charge < -0.3 is 4.74 Å². The Kier molecular flexibility index (Phi) is 20.0. The summed E-state index contributed by atoms with van der Waals surface area (Å²) in [5.74, 6) is 0. The summed E-state index contributed by atoms with van der Waals surface area (Å²) in [4.78, 5) is 0. The molecule has 0 bridgehead atoms. The van der Waals surface area contributed by atoms with Gasteiger partial charge in [0, 0.05) is 7.11 Å². The van der Waals surface area contributed by atoms with E-state index in [9.17, 15) is 0 Å². The van der Waals surface area contributed by atoms with Crippen LogP contribution in [0, 0.1) is 0 Å². The highest BCUT2D eigenvalue weighted by molar-refractivity contribution is 4.99. The zero-order valence-electron chi connectivity index (χ0n) is 16.9. The lowest BCUT2D eigenvalue weighted by Gasteiger charge is -2.10. The van der Waals surface area contributed by atoms with E-state index in [0.717, 1.165) is 25.8 Å². The fourth-order valence-electron chi connectivity index (χ4n) is 2.34. The van der Waals surface area contributed by atoms with Crippen LogP contribution in [0.3, 0.4) is 0 Å². The molecule has 0 heterocycles. The first-order chi connectivity index (χ1) is 12.3. The maximum Gasteiger partial charge on any atom is 0.104 e. The highest BCUT2D eigenvalue weighted by atomic mass is 16.5. The van der Waals surface area contributed by atoms with Crippen molar-refractivity contribution >= 4 is 0 Å². The first kappa shape index (κ1) is 23.9. The van der Waals surface area contributed by atoms with Crippen LogP contribution in [0.4, 0.5) is 0 Å². The van der Waals surface area contributed by atoms with Gasteiger partial charge in [0.2, 0.25) is 0 Å². The Hall–Kier alpha value is -1.12. The van der Waals surface area contributed by atoms with Crippen LogP contribution in [0.15, 0.2) is 48.6 Å². The molecule has 144 valence electrons. The monoisotopic (exact) mass is 347 g/mol. The number of rotatable bonds is 17. The summed E-state index contributed by atoms with van der Waals surface area (Å²) < 4.78 is 5.15. The quantitative estimate of drug-likeness (QED) is 0.179. The predicted molar refractivity (Wildman–Crippen MR) is 113 cm³/mol. The van der Waals surface area contributed by atoms with Gasteiger partial charge in [-0.25, -0.2) is 0 Å². The van der Waals surface area contributed by atoms with Crippen LogP contribution in [0.2, 0.25) is 0 Å². The number of ether oxygens (including phenoxy) is 1. The van der Waals surface area contributed by atoms with Gasteiger partial charge >= 0.3 is 0 Å². The van der Waals surface area contributed by atoms with Gasteiger partial charge in [-0.05, 0) is 64.8 Å². The van der Waals surface area contributed by atoms with E-state index in [4.69, 9.17) is 4.74 Å². The van der Waals surface area contributed by atoms with Crippen molar-refractivity contribution in [2.75, 3.05) is 13.7 Å². The molecule has 0 spiro atoms. The number of hydrogen-bond donors (Lipinski definition) is 1. The van der Waals surface area contributed by atoms with E-state index in [1.807, 2.05) is 6.92 Å². The lowest BCUT2D eigenvalue weighted by atomic mass is 10.2. The summed E-state index contributed by atoms with van der Waals surface area (Å²) >= 11 is 0. The van der Waals surface area contributed by atoms with Gasteiger partial charge in [-0.2, -0.15) is 0 Å². The largest absolute Gasteiger partial charge is 0.367 e. The average molecular weight is 348 g/mol. The Bertz CT molecular complexity index is 368. The number of methoxy groups -OCH3 is 1. The predicted octanol–water partition coefficient (Wildman–Crippen LogP) is 6.71. The Morgan fingerprint density at radius 3 is 1.68 bits per heavy atom. The lowest BCUT2D eigenvalue weighted by molar-refractivity contribution is 0.0893. The van der Waals surface area contributed by atoms with Crippen molar-refractivity contribution in [2.45, 2.75) is 84.3 Å². The second kappa shape index (κ2) is 20.9. The van der Waals surface area contributed by atoms with E-state index in [2.05, 4.69) is 60.8 Å². The van der Waals surface area contributed by atoms with Gasteiger partial charge in [0.25, 0.3) is 0 Å². The number of unbranched alkanes of at least 4 members (excludes halogenated alkanes) is 5. The topological polar surface area (TPSA) is 21.3 Å². The third-order valence-corrected chi connectivity index (χ3v) is 4.04. The molecule has 0 amide bonds. The highest BCUT2D eigenvalue weighted by Crippen LogP contribution is 2.01. The maximum absolute atomic E-state index is 5.15. The molecule has 25 heavy (non-hydrogen) atoms. The molecule has 0 radical (unpaired) electrons. The lowest BCUT2D eigenvalue weighted by Crippen LogP contribution is -2.28. The van der Waals surface area contributed by atoms with Gasteiger partial charge in [-0.15, -0.1) is 0 Å². The average Bonchev–Trinajstić information content (AvgIpc) is 2.63. The van der Waals surface area contributed by atoms with Crippen molar-refractivity contribution in [2.24, 2.45) is 0 Å². The first-order valence-corrected chi connectivity index (χ1v) is 10.2. The number of allylic oxidation sites excluding steroid dienone is 8. The van der Waals surface area contributed by atoms with E-state index in [1.54, 1.807) is 7.11 Å². The zero-order valence-corrected chi connectivity index (χ0v) is 16.9. The van der Waals surface area contributed by atoms with Crippen molar-refractivity contribution in [3.8, 4) is 0 Å². The zero-order chi connectivity index (χ0) is 18.4. The Morgan fingerprint density at radius 1 is 0.720 bits per heavy atom. The molecule has 0 aliphatic heterocycles. The normalized spacial score (nSPS) is 13.9. The third-order valence-electron chi connectivity index (χ3n) is 4.04. The fourth-order valence-corrected chi connectivity index (χ4v) is 2.34. The van der Waals surface area contributed by atoms with Gasteiger partial charge in [-0.1, -0.05) is 68.4 Å². The SMILES string of the molecule is CCCCCC=CCC=CCC=CCC=CCCCCNC(C)OC. The molecule has 1 N–H and O–H groups in total. The molecule has 0 aliphatic carbocycles. The molecule has 1 atom stereocenters. The molecule has 2 nitrogen and oxygen atoms in total. The van der Waals surface area contributed by atoms with E-state index < -0.39 is 0 Å².